The summed E-state index contributed by atoms with van der Waals surface area (Å²) in [5.41, 5.74) is 0.755. The monoisotopic (exact) mass is 422 g/mol. The fourth-order valence-corrected chi connectivity index (χ4v) is 3.19. The zero-order valence-electron chi connectivity index (χ0n) is 16.7. The predicted octanol–water partition coefficient (Wildman–Crippen LogP) is 3.64. The number of halogens is 3. The third-order valence-corrected chi connectivity index (χ3v) is 4.63. The molecule has 0 spiro atoms. The van der Waals surface area contributed by atoms with Gasteiger partial charge in [0.15, 0.2) is 12.6 Å². The van der Waals surface area contributed by atoms with E-state index in [9.17, 15) is 13.2 Å². The van der Waals surface area contributed by atoms with Crippen LogP contribution in [0.2, 0.25) is 0 Å². The summed E-state index contributed by atoms with van der Waals surface area (Å²) in [5, 5.41) is 3.25. The van der Waals surface area contributed by atoms with Crippen molar-refractivity contribution in [2.45, 2.75) is 31.7 Å². The van der Waals surface area contributed by atoms with Crippen molar-refractivity contribution in [1.29, 1.82) is 0 Å². The lowest BCUT2D eigenvalue weighted by molar-refractivity contribution is -0.154. The number of likely N-dealkylation sites (tertiary alicyclic amines) is 1. The van der Waals surface area contributed by atoms with Crippen molar-refractivity contribution < 1.29 is 22.6 Å². The van der Waals surface area contributed by atoms with Crippen LogP contribution in [0.25, 0.3) is 0 Å². The highest BCUT2D eigenvalue weighted by Gasteiger charge is 2.28. The molecule has 2 aromatic rings. The first-order chi connectivity index (χ1) is 14.4. The summed E-state index contributed by atoms with van der Waals surface area (Å²) >= 11 is 0. The van der Waals surface area contributed by atoms with Crippen LogP contribution in [0.5, 0.6) is 11.6 Å². The summed E-state index contributed by atoms with van der Waals surface area (Å²) in [7, 11) is 1.71. The van der Waals surface area contributed by atoms with Gasteiger partial charge in [0.05, 0.1) is 0 Å². The van der Waals surface area contributed by atoms with Crippen molar-refractivity contribution in [3.05, 3.63) is 54.2 Å². The molecule has 0 amide bonds. The lowest BCUT2D eigenvalue weighted by atomic mass is 10.1. The maximum atomic E-state index is 12.3. The van der Waals surface area contributed by atoms with E-state index in [1.807, 2.05) is 30.3 Å². The first-order valence-corrected chi connectivity index (χ1v) is 9.75. The Morgan fingerprint density at radius 3 is 2.60 bits per heavy atom. The number of hydrogen-bond acceptors (Lipinski definition) is 4. The zero-order valence-corrected chi connectivity index (χ0v) is 16.7. The molecule has 9 heteroatoms. The number of aromatic nitrogens is 1. The Balaban J connectivity index is 1.47. The molecule has 1 aromatic heterocycles. The van der Waals surface area contributed by atoms with Crippen molar-refractivity contribution >= 4 is 5.96 Å². The molecule has 1 saturated heterocycles. The zero-order chi connectivity index (χ0) is 21.4. The second-order valence-electron chi connectivity index (χ2n) is 6.92. The molecule has 0 aliphatic carbocycles. The molecule has 0 unspecified atom stereocenters. The van der Waals surface area contributed by atoms with Crippen LogP contribution >= 0.6 is 0 Å². The normalized spacial score (nSPS) is 15.7. The Morgan fingerprint density at radius 2 is 1.93 bits per heavy atom. The Labute approximate surface area is 173 Å². The number of nitrogens with one attached hydrogen (secondary N) is 1. The molecule has 6 nitrogen and oxygen atoms in total. The number of benzene rings is 1. The van der Waals surface area contributed by atoms with E-state index in [2.05, 4.69) is 20.2 Å². The third-order valence-electron chi connectivity index (χ3n) is 4.63. The number of rotatable bonds is 6. The Hall–Kier alpha value is -2.97. The van der Waals surface area contributed by atoms with E-state index in [1.165, 1.54) is 12.3 Å². The van der Waals surface area contributed by atoms with Gasteiger partial charge in [-0.3, -0.25) is 4.99 Å². The lowest BCUT2D eigenvalue weighted by Crippen LogP contribution is -2.47. The molecular weight excluding hydrogens is 397 g/mol. The van der Waals surface area contributed by atoms with Crippen molar-refractivity contribution in [3.8, 4) is 11.6 Å². The molecule has 2 heterocycles. The van der Waals surface area contributed by atoms with E-state index in [0.717, 1.165) is 43.2 Å². The van der Waals surface area contributed by atoms with E-state index in [4.69, 9.17) is 9.47 Å². The molecule has 0 atom stereocenters. The van der Waals surface area contributed by atoms with Crippen LogP contribution in [0.15, 0.2) is 53.7 Å². The number of nitrogens with zero attached hydrogens (tertiary/aromatic N) is 3. The molecule has 0 saturated carbocycles. The summed E-state index contributed by atoms with van der Waals surface area (Å²) in [4.78, 5) is 10.3. The Bertz CT molecular complexity index is 823. The summed E-state index contributed by atoms with van der Waals surface area (Å²) in [6.45, 7) is 0.636. The number of piperidine rings is 1. The average Bonchev–Trinajstić information content (AvgIpc) is 2.74. The third kappa shape index (κ3) is 6.82. The highest BCUT2D eigenvalue weighted by atomic mass is 19.4. The van der Waals surface area contributed by atoms with E-state index in [-0.39, 0.29) is 12.0 Å². The van der Waals surface area contributed by atoms with Gasteiger partial charge in [0.1, 0.15) is 11.9 Å². The van der Waals surface area contributed by atoms with E-state index in [0.29, 0.717) is 6.54 Å². The Morgan fingerprint density at radius 1 is 1.20 bits per heavy atom. The fourth-order valence-electron chi connectivity index (χ4n) is 3.19. The number of para-hydroxylation sites is 1. The minimum absolute atomic E-state index is 0.0551. The largest absolute Gasteiger partial charge is 0.490 e. The summed E-state index contributed by atoms with van der Waals surface area (Å²) < 4.78 is 47.6. The first kappa shape index (κ1) is 21.7. The molecule has 1 aromatic carbocycles. The van der Waals surface area contributed by atoms with Gasteiger partial charge in [-0.25, -0.2) is 4.98 Å². The van der Waals surface area contributed by atoms with E-state index < -0.39 is 12.8 Å². The van der Waals surface area contributed by atoms with Crippen molar-refractivity contribution in [1.82, 2.24) is 15.2 Å². The number of aliphatic imine (C=N–C) groups is 1. The van der Waals surface area contributed by atoms with Gasteiger partial charge < -0.3 is 19.7 Å². The van der Waals surface area contributed by atoms with Gasteiger partial charge >= 0.3 is 6.18 Å². The van der Waals surface area contributed by atoms with Crippen molar-refractivity contribution in [3.63, 3.8) is 0 Å². The fraction of sp³-hybridized carbons (Fsp3) is 0.429. The SMILES string of the molecule is CN=C(NCc1ccnc(OCC(F)(F)F)c1)N1CCC(Oc2ccccc2)CC1. The van der Waals surface area contributed by atoms with Gasteiger partial charge in [-0.1, -0.05) is 18.2 Å². The average molecular weight is 422 g/mol. The number of hydrogen-bond donors (Lipinski definition) is 1. The molecular formula is C21H25F3N4O2. The van der Waals surface area contributed by atoms with Crippen molar-refractivity contribution in [2.24, 2.45) is 4.99 Å². The molecule has 3 rings (SSSR count). The second-order valence-corrected chi connectivity index (χ2v) is 6.92. The van der Waals surface area contributed by atoms with Crippen LogP contribution in [0.3, 0.4) is 0 Å². The first-order valence-electron chi connectivity index (χ1n) is 9.75. The molecule has 1 fully saturated rings. The van der Waals surface area contributed by atoms with Crippen LogP contribution < -0.4 is 14.8 Å². The van der Waals surface area contributed by atoms with Crippen LogP contribution in [-0.2, 0) is 6.54 Å². The van der Waals surface area contributed by atoms with Gasteiger partial charge in [0.25, 0.3) is 0 Å². The van der Waals surface area contributed by atoms with Gasteiger partial charge in [-0.2, -0.15) is 13.2 Å². The Kier molecular flexibility index (Phi) is 7.37. The van der Waals surface area contributed by atoms with Gasteiger partial charge in [-0.15, -0.1) is 0 Å². The summed E-state index contributed by atoms with van der Waals surface area (Å²) in [5.74, 6) is 1.56. The van der Waals surface area contributed by atoms with Crippen LogP contribution in [0.4, 0.5) is 13.2 Å². The highest BCUT2D eigenvalue weighted by Crippen LogP contribution is 2.19. The molecule has 30 heavy (non-hydrogen) atoms. The molecule has 162 valence electrons. The molecule has 0 bridgehead atoms. The topological polar surface area (TPSA) is 59.0 Å². The number of ether oxygens (including phenoxy) is 2. The molecule has 1 aliphatic heterocycles. The standard InChI is InChI=1S/C21H25F3N4O2/c1-25-20(27-14-16-7-10-26-19(13-16)29-15-21(22,23)24)28-11-8-18(9-12-28)30-17-5-3-2-4-6-17/h2-7,10,13,18H,8-9,11-12,14-15H2,1H3,(H,25,27). The van der Waals surface area contributed by atoms with E-state index in [1.54, 1.807) is 13.1 Å². The maximum Gasteiger partial charge on any atom is 0.422 e. The summed E-state index contributed by atoms with van der Waals surface area (Å²) in [6, 6.07) is 13.0. The van der Waals surface area contributed by atoms with E-state index >= 15 is 0 Å². The quantitative estimate of drug-likeness (QED) is 0.569. The lowest BCUT2D eigenvalue weighted by Gasteiger charge is -2.34. The van der Waals surface area contributed by atoms with Gasteiger partial charge in [-0.05, 0) is 23.8 Å². The van der Waals surface area contributed by atoms with Crippen LogP contribution in [-0.4, -0.2) is 54.9 Å². The number of pyridine rings is 1. The van der Waals surface area contributed by atoms with Gasteiger partial charge in [0.2, 0.25) is 5.88 Å². The van der Waals surface area contributed by atoms with Crippen LogP contribution in [0.1, 0.15) is 18.4 Å². The highest BCUT2D eigenvalue weighted by molar-refractivity contribution is 5.80. The number of guanidine groups is 1. The van der Waals surface area contributed by atoms with Gasteiger partial charge in [0, 0.05) is 51.8 Å². The molecule has 1 aliphatic rings. The van der Waals surface area contributed by atoms with Crippen LogP contribution in [0, 0.1) is 0 Å². The molecule has 1 N–H and O–H groups in total. The van der Waals surface area contributed by atoms with Crippen molar-refractivity contribution in [2.75, 3.05) is 26.7 Å². The maximum absolute atomic E-state index is 12.3. The summed E-state index contributed by atoms with van der Waals surface area (Å²) in [6.07, 6.45) is -1.05. The molecule has 0 radical (unpaired) electrons. The minimum Gasteiger partial charge on any atom is -0.490 e. The second kappa shape index (κ2) is 10.2. The smallest absolute Gasteiger partial charge is 0.422 e. The number of alkyl halides is 3. The minimum atomic E-state index is -4.39. The predicted molar refractivity (Wildman–Crippen MR) is 108 cm³/mol.